The lowest BCUT2D eigenvalue weighted by Gasteiger charge is -2.11. The minimum absolute atomic E-state index is 0.0532. The Hall–Kier alpha value is -3.62. The van der Waals surface area contributed by atoms with Crippen LogP contribution in [0.4, 0.5) is 5.82 Å². The first-order valence-corrected chi connectivity index (χ1v) is 8.48. The third-order valence-corrected chi connectivity index (χ3v) is 4.15. The van der Waals surface area contributed by atoms with Gasteiger partial charge in [0.15, 0.2) is 5.52 Å². The number of carbonyl (C=O) groups is 1. The standard InChI is InChI=1S/C18H17N7O2/c1-11(2)16-15-12-5-3-4-8-24(12)23-17(15)18(27)25(22-16)9-14(26)21-13-6-7-19-10-20-13/h3-8,10-11H,9H2,1-2H3,(H,19,20,21,26). The fourth-order valence-corrected chi connectivity index (χ4v) is 2.94. The van der Waals surface area contributed by atoms with Crippen LogP contribution in [0, 0.1) is 0 Å². The highest BCUT2D eigenvalue weighted by atomic mass is 16.2. The average molecular weight is 363 g/mol. The Morgan fingerprint density at radius 3 is 2.81 bits per heavy atom. The summed E-state index contributed by atoms with van der Waals surface area (Å²) in [6, 6.07) is 7.20. The molecular formula is C18H17N7O2. The molecule has 0 bridgehead atoms. The van der Waals surface area contributed by atoms with E-state index in [1.54, 1.807) is 16.8 Å². The maximum Gasteiger partial charge on any atom is 0.295 e. The summed E-state index contributed by atoms with van der Waals surface area (Å²) in [4.78, 5) is 32.9. The van der Waals surface area contributed by atoms with E-state index in [1.807, 2.05) is 32.0 Å². The summed E-state index contributed by atoms with van der Waals surface area (Å²) in [5.41, 5.74) is 1.43. The van der Waals surface area contributed by atoms with Crippen molar-refractivity contribution in [1.82, 2.24) is 29.4 Å². The molecule has 4 aromatic heterocycles. The van der Waals surface area contributed by atoms with Gasteiger partial charge in [0.25, 0.3) is 5.56 Å². The second kappa shape index (κ2) is 6.60. The Balaban J connectivity index is 1.79. The molecule has 0 spiro atoms. The Morgan fingerprint density at radius 1 is 1.22 bits per heavy atom. The van der Waals surface area contributed by atoms with Gasteiger partial charge in [0.2, 0.25) is 5.91 Å². The Kier molecular flexibility index (Phi) is 4.11. The van der Waals surface area contributed by atoms with Gasteiger partial charge >= 0.3 is 0 Å². The first kappa shape index (κ1) is 16.8. The molecule has 1 N–H and O–H groups in total. The molecule has 0 fully saturated rings. The normalized spacial score (nSPS) is 11.4. The summed E-state index contributed by atoms with van der Waals surface area (Å²) in [5, 5.41) is 12.2. The SMILES string of the molecule is CC(C)c1nn(CC(=O)Nc2ccncn2)c(=O)c2nn3ccccc3c12. The van der Waals surface area contributed by atoms with E-state index >= 15 is 0 Å². The number of nitrogens with one attached hydrogen (secondary N) is 1. The number of fused-ring (bicyclic) bond motifs is 3. The van der Waals surface area contributed by atoms with Crippen molar-refractivity contribution in [3.05, 3.63) is 59.0 Å². The van der Waals surface area contributed by atoms with E-state index in [-0.39, 0.29) is 12.5 Å². The highest BCUT2D eigenvalue weighted by Gasteiger charge is 2.20. The summed E-state index contributed by atoms with van der Waals surface area (Å²) in [7, 11) is 0. The molecule has 1 amide bonds. The van der Waals surface area contributed by atoms with Crippen molar-refractivity contribution in [3.63, 3.8) is 0 Å². The van der Waals surface area contributed by atoms with E-state index in [4.69, 9.17) is 0 Å². The molecule has 9 nitrogen and oxygen atoms in total. The molecule has 0 aliphatic heterocycles. The number of anilines is 1. The molecule has 27 heavy (non-hydrogen) atoms. The summed E-state index contributed by atoms with van der Waals surface area (Å²) < 4.78 is 2.81. The van der Waals surface area contributed by atoms with Gasteiger partial charge in [-0.15, -0.1) is 0 Å². The predicted octanol–water partition coefficient (Wildman–Crippen LogP) is 1.60. The maximum atomic E-state index is 12.9. The van der Waals surface area contributed by atoms with E-state index in [1.165, 1.54) is 12.5 Å². The van der Waals surface area contributed by atoms with E-state index in [0.29, 0.717) is 11.3 Å². The van der Waals surface area contributed by atoms with Crippen molar-refractivity contribution in [3.8, 4) is 0 Å². The first-order chi connectivity index (χ1) is 13.0. The van der Waals surface area contributed by atoms with Gasteiger partial charge in [-0.25, -0.2) is 19.2 Å². The topological polar surface area (TPSA) is 107 Å². The van der Waals surface area contributed by atoms with Crippen molar-refractivity contribution in [1.29, 1.82) is 0 Å². The molecule has 4 heterocycles. The molecule has 0 atom stereocenters. The zero-order chi connectivity index (χ0) is 19.0. The molecule has 136 valence electrons. The number of nitrogens with zero attached hydrogens (tertiary/aromatic N) is 6. The second-order valence-electron chi connectivity index (χ2n) is 6.40. The molecule has 0 saturated carbocycles. The molecule has 9 heteroatoms. The second-order valence-corrected chi connectivity index (χ2v) is 6.40. The quantitative estimate of drug-likeness (QED) is 0.590. The van der Waals surface area contributed by atoms with Crippen molar-refractivity contribution >= 4 is 28.1 Å². The van der Waals surface area contributed by atoms with Crippen LogP contribution in [0.2, 0.25) is 0 Å². The number of carbonyl (C=O) groups excluding carboxylic acids is 1. The highest BCUT2D eigenvalue weighted by Crippen LogP contribution is 2.25. The monoisotopic (exact) mass is 363 g/mol. The number of aromatic nitrogens is 6. The number of amides is 1. The first-order valence-electron chi connectivity index (χ1n) is 8.48. The van der Waals surface area contributed by atoms with Crippen molar-refractivity contribution in [2.75, 3.05) is 5.32 Å². The van der Waals surface area contributed by atoms with Crippen LogP contribution < -0.4 is 10.9 Å². The molecule has 0 aromatic carbocycles. The minimum Gasteiger partial charge on any atom is -0.309 e. The third-order valence-electron chi connectivity index (χ3n) is 4.15. The van der Waals surface area contributed by atoms with Crippen LogP contribution in [0.1, 0.15) is 25.5 Å². The maximum absolute atomic E-state index is 12.9. The van der Waals surface area contributed by atoms with Crippen LogP contribution in [0.15, 0.2) is 47.8 Å². The zero-order valence-corrected chi connectivity index (χ0v) is 14.8. The van der Waals surface area contributed by atoms with Crippen LogP contribution in [0.5, 0.6) is 0 Å². The van der Waals surface area contributed by atoms with Gasteiger partial charge in [-0.2, -0.15) is 10.2 Å². The summed E-state index contributed by atoms with van der Waals surface area (Å²) in [6.07, 6.45) is 4.64. The summed E-state index contributed by atoms with van der Waals surface area (Å²) >= 11 is 0. The van der Waals surface area contributed by atoms with Crippen LogP contribution in [0.25, 0.3) is 16.4 Å². The van der Waals surface area contributed by atoms with Gasteiger partial charge in [-0.05, 0) is 24.1 Å². The van der Waals surface area contributed by atoms with Crippen LogP contribution >= 0.6 is 0 Å². The lowest BCUT2D eigenvalue weighted by Crippen LogP contribution is -2.31. The average Bonchev–Trinajstić information content (AvgIpc) is 3.04. The Morgan fingerprint density at radius 2 is 2.07 bits per heavy atom. The number of rotatable bonds is 4. The van der Waals surface area contributed by atoms with E-state index in [0.717, 1.165) is 21.3 Å². The van der Waals surface area contributed by atoms with Gasteiger partial charge in [-0.3, -0.25) is 9.59 Å². The van der Waals surface area contributed by atoms with Gasteiger partial charge < -0.3 is 5.32 Å². The molecule has 0 aliphatic carbocycles. The summed E-state index contributed by atoms with van der Waals surface area (Å²) in [5.74, 6) is 0.0135. The van der Waals surface area contributed by atoms with Gasteiger partial charge in [0.1, 0.15) is 18.7 Å². The highest BCUT2D eigenvalue weighted by molar-refractivity contribution is 5.96. The lowest BCUT2D eigenvalue weighted by molar-refractivity contribution is -0.117. The fourth-order valence-electron chi connectivity index (χ4n) is 2.94. The zero-order valence-electron chi connectivity index (χ0n) is 14.8. The molecule has 0 saturated heterocycles. The Labute approximate surface area is 153 Å². The third kappa shape index (κ3) is 3.03. The number of hydrogen-bond donors (Lipinski definition) is 1. The smallest absolute Gasteiger partial charge is 0.295 e. The van der Waals surface area contributed by atoms with Crippen LogP contribution in [-0.2, 0) is 11.3 Å². The fraction of sp³-hybridized carbons (Fsp3) is 0.222. The Bertz CT molecular complexity index is 1200. The predicted molar refractivity (Wildman–Crippen MR) is 99.5 cm³/mol. The van der Waals surface area contributed by atoms with Crippen molar-refractivity contribution in [2.24, 2.45) is 0 Å². The molecule has 0 radical (unpaired) electrons. The molecule has 4 rings (SSSR count). The van der Waals surface area contributed by atoms with Gasteiger partial charge in [-0.1, -0.05) is 19.9 Å². The van der Waals surface area contributed by atoms with Crippen LogP contribution in [-0.4, -0.2) is 35.3 Å². The van der Waals surface area contributed by atoms with Crippen molar-refractivity contribution in [2.45, 2.75) is 26.3 Å². The van der Waals surface area contributed by atoms with E-state index in [2.05, 4.69) is 25.5 Å². The van der Waals surface area contributed by atoms with Gasteiger partial charge in [0.05, 0.1) is 16.6 Å². The number of hydrogen-bond acceptors (Lipinski definition) is 6. The van der Waals surface area contributed by atoms with Crippen LogP contribution in [0.3, 0.4) is 0 Å². The van der Waals surface area contributed by atoms with E-state index < -0.39 is 11.5 Å². The molecule has 0 aliphatic rings. The van der Waals surface area contributed by atoms with E-state index in [9.17, 15) is 9.59 Å². The van der Waals surface area contributed by atoms with Crippen molar-refractivity contribution < 1.29 is 4.79 Å². The molecule has 0 unspecified atom stereocenters. The summed E-state index contributed by atoms with van der Waals surface area (Å²) in [6.45, 7) is 3.75. The molecule has 4 aromatic rings. The largest absolute Gasteiger partial charge is 0.309 e. The molecular weight excluding hydrogens is 346 g/mol. The number of pyridine rings is 1. The lowest BCUT2D eigenvalue weighted by atomic mass is 10.1. The van der Waals surface area contributed by atoms with Gasteiger partial charge in [0, 0.05) is 12.4 Å². The minimum atomic E-state index is -0.407.